The van der Waals surface area contributed by atoms with E-state index in [1.807, 2.05) is 56.3 Å². The van der Waals surface area contributed by atoms with Crippen molar-refractivity contribution in [2.45, 2.75) is 63.4 Å². The van der Waals surface area contributed by atoms with E-state index in [2.05, 4.69) is 36.2 Å². The van der Waals surface area contributed by atoms with Crippen molar-refractivity contribution < 1.29 is 18.9 Å². The van der Waals surface area contributed by atoms with Gasteiger partial charge in [-0.05, 0) is 25.0 Å². The third-order valence-corrected chi connectivity index (χ3v) is 5.30. The number of nitrogens with one attached hydrogen (secondary N) is 1. The van der Waals surface area contributed by atoms with Crippen LogP contribution in [0.2, 0.25) is 0 Å². The molecule has 0 saturated carbocycles. The van der Waals surface area contributed by atoms with Crippen LogP contribution in [0.15, 0.2) is 73.3 Å². The lowest BCUT2D eigenvalue weighted by Gasteiger charge is -2.30. The zero-order valence-corrected chi connectivity index (χ0v) is 17.0. The molecule has 0 aromatic heterocycles. The molecule has 0 amide bonds. The summed E-state index contributed by atoms with van der Waals surface area (Å²) in [5.41, 5.74) is 2.31. The van der Waals surface area contributed by atoms with E-state index < -0.39 is 12.1 Å². The largest absolute Gasteiger partial charge is 0.368 e. The molecule has 2 saturated heterocycles. The topological polar surface area (TPSA) is 49.0 Å². The molecule has 0 unspecified atom stereocenters. The molecule has 0 spiro atoms. The molecule has 5 atom stereocenters. The number of fused-ring (bicyclic) bond motifs is 1. The summed E-state index contributed by atoms with van der Waals surface area (Å²) in [5.74, 6) is -0.685. The third kappa shape index (κ3) is 4.77. The summed E-state index contributed by atoms with van der Waals surface area (Å²) in [6.45, 7) is 9.01. The van der Waals surface area contributed by atoms with Gasteiger partial charge in [-0.15, -0.1) is 6.58 Å². The van der Waals surface area contributed by atoms with E-state index in [1.165, 1.54) is 5.56 Å². The lowest BCUT2D eigenvalue weighted by molar-refractivity contribution is -0.221. The Hall–Kier alpha value is -2.02. The molecule has 1 N–H and O–H groups in total. The summed E-state index contributed by atoms with van der Waals surface area (Å²) in [7, 11) is 0. The molecule has 2 aromatic rings. The van der Waals surface area contributed by atoms with Crippen molar-refractivity contribution >= 4 is 0 Å². The highest BCUT2D eigenvalue weighted by atomic mass is 16.8. The Balaban J connectivity index is 1.47. The average molecular weight is 395 g/mol. The van der Waals surface area contributed by atoms with Gasteiger partial charge >= 0.3 is 0 Å². The first kappa shape index (κ1) is 20.3. The average Bonchev–Trinajstić information content (AvgIpc) is 3.20. The molecule has 0 radical (unpaired) electrons. The van der Waals surface area contributed by atoms with Crippen molar-refractivity contribution in [2.75, 3.05) is 0 Å². The highest BCUT2D eigenvalue weighted by molar-refractivity contribution is 5.16. The van der Waals surface area contributed by atoms with E-state index in [0.717, 1.165) is 5.56 Å². The number of rotatable bonds is 8. The molecule has 5 nitrogen and oxygen atoms in total. The van der Waals surface area contributed by atoms with Crippen LogP contribution in [0.5, 0.6) is 0 Å². The summed E-state index contributed by atoms with van der Waals surface area (Å²) in [6.07, 6.45) is 0.620. The van der Waals surface area contributed by atoms with Crippen LogP contribution in [0.25, 0.3) is 0 Å². The van der Waals surface area contributed by atoms with Crippen LogP contribution in [-0.2, 0) is 32.1 Å². The number of ether oxygens (including phenoxy) is 4. The molecule has 0 aliphatic carbocycles. The first-order chi connectivity index (χ1) is 14.1. The van der Waals surface area contributed by atoms with E-state index in [4.69, 9.17) is 18.9 Å². The van der Waals surface area contributed by atoms with Gasteiger partial charge < -0.3 is 24.3 Å². The minimum absolute atomic E-state index is 0.100. The Bertz CT molecular complexity index is 795. The lowest BCUT2D eigenvalue weighted by atomic mass is 10.0. The van der Waals surface area contributed by atoms with Crippen LogP contribution in [0, 0.1) is 0 Å². The minimum Gasteiger partial charge on any atom is -0.368 e. The van der Waals surface area contributed by atoms with Gasteiger partial charge in [0.25, 0.3) is 0 Å². The predicted octanol–water partition coefficient (Wildman–Crippen LogP) is 3.79. The van der Waals surface area contributed by atoms with E-state index in [9.17, 15) is 0 Å². The highest BCUT2D eigenvalue weighted by Gasteiger charge is 2.56. The molecule has 2 aliphatic heterocycles. The second-order valence-corrected chi connectivity index (χ2v) is 7.96. The van der Waals surface area contributed by atoms with Crippen LogP contribution >= 0.6 is 0 Å². The fourth-order valence-electron chi connectivity index (χ4n) is 3.91. The second kappa shape index (κ2) is 8.78. The van der Waals surface area contributed by atoms with E-state index in [-0.39, 0.29) is 24.4 Å². The van der Waals surface area contributed by atoms with Gasteiger partial charge in [0, 0.05) is 6.54 Å². The van der Waals surface area contributed by atoms with Crippen LogP contribution in [0.4, 0.5) is 0 Å². The summed E-state index contributed by atoms with van der Waals surface area (Å²) in [6, 6.07) is 20.3. The van der Waals surface area contributed by atoms with E-state index in [1.54, 1.807) is 0 Å². The molecule has 2 aromatic carbocycles. The Morgan fingerprint density at radius 1 is 1.03 bits per heavy atom. The SMILES string of the molecule is C=C[C@@H](NCc1ccccc1)[C@@H]1O[C@@H]2OC(C)(C)O[C@@H]2[C@H]1OCc1ccccc1. The second-order valence-electron chi connectivity index (χ2n) is 7.96. The molecule has 0 bridgehead atoms. The third-order valence-electron chi connectivity index (χ3n) is 5.30. The highest BCUT2D eigenvalue weighted by Crippen LogP contribution is 2.40. The zero-order chi connectivity index (χ0) is 20.3. The Morgan fingerprint density at radius 3 is 2.34 bits per heavy atom. The van der Waals surface area contributed by atoms with Crippen LogP contribution in [0.3, 0.4) is 0 Å². The normalized spacial score (nSPS) is 28.8. The lowest BCUT2D eigenvalue weighted by Crippen LogP contribution is -2.47. The quantitative estimate of drug-likeness (QED) is 0.689. The van der Waals surface area contributed by atoms with Gasteiger partial charge in [-0.25, -0.2) is 0 Å². The fraction of sp³-hybridized carbons (Fsp3) is 0.417. The first-order valence-electron chi connectivity index (χ1n) is 10.1. The van der Waals surface area contributed by atoms with Gasteiger partial charge in [-0.2, -0.15) is 0 Å². The van der Waals surface area contributed by atoms with Gasteiger partial charge in [0.15, 0.2) is 12.1 Å². The molecule has 4 rings (SSSR count). The Morgan fingerprint density at radius 2 is 1.69 bits per heavy atom. The monoisotopic (exact) mass is 395 g/mol. The van der Waals surface area contributed by atoms with Crippen molar-refractivity contribution in [3.63, 3.8) is 0 Å². The zero-order valence-electron chi connectivity index (χ0n) is 17.0. The van der Waals surface area contributed by atoms with Gasteiger partial charge in [-0.1, -0.05) is 66.7 Å². The Labute approximate surface area is 172 Å². The Kier molecular flexibility index (Phi) is 6.13. The number of hydrogen-bond donors (Lipinski definition) is 1. The van der Waals surface area contributed by atoms with E-state index in [0.29, 0.717) is 13.2 Å². The molecule has 5 heteroatoms. The number of hydrogen-bond acceptors (Lipinski definition) is 5. The van der Waals surface area contributed by atoms with Crippen molar-refractivity contribution in [3.8, 4) is 0 Å². The van der Waals surface area contributed by atoms with Crippen LogP contribution < -0.4 is 5.32 Å². The van der Waals surface area contributed by atoms with Crippen LogP contribution in [-0.4, -0.2) is 36.4 Å². The summed E-state index contributed by atoms with van der Waals surface area (Å²) in [5, 5.41) is 3.53. The van der Waals surface area contributed by atoms with Crippen molar-refractivity contribution in [1.82, 2.24) is 5.32 Å². The molecular weight excluding hydrogens is 366 g/mol. The maximum Gasteiger partial charge on any atom is 0.190 e. The maximum atomic E-state index is 6.33. The van der Waals surface area contributed by atoms with Gasteiger partial charge in [0.05, 0.1) is 12.6 Å². The van der Waals surface area contributed by atoms with Gasteiger partial charge in [0.2, 0.25) is 0 Å². The van der Waals surface area contributed by atoms with Gasteiger partial charge in [-0.3, -0.25) is 0 Å². The minimum atomic E-state index is -0.685. The fourth-order valence-corrected chi connectivity index (χ4v) is 3.91. The summed E-state index contributed by atoms with van der Waals surface area (Å²) in [4.78, 5) is 0. The molecule has 2 fully saturated rings. The van der Waals surface area contributed by atoms with Crippen LogP contribution in [0.1, 0.15) is 25.0 Å². The molecule has 154 valence electrons. The summed E-state index contributed by atoms with van der Waals surface area (Å²) < 4.78 is 24.7. The first-order valence-corrected chi connectivity index (χ1v) is 10.1. The molecular formula is C24H29NO4. The maximum absolute atomic E-state index is 6.33. The summed E-state index contributed by atoms with van der Waals surface area (Å²) >= 11 is 0. The molecule has 2 heterocycles. The van der Waals surface area contributed by atoms with Crippen molar-refractivity contribution in [1.29, 1.82) is 0 Å². The van der Waals surface area contributed by atoms with Crippen molar-refractivity contribution in [3.05, 3.63) is 84.4 Å². The predicted molar refractivity (Wildman–Crippen MR) is 111 cm³/mol. The molecule has 2 aliphatic rings. The van der Waals surface area contributed by atoms with E-state index >= 15 is 0 Å². The molecule has 29 heavy (non-hydrogen) atoms. The number of benzene rings is 2. The smallest absolute Gasteiger partial charge is 0.190 e. The standard InChI is InChI=1S/C24H29NO4/c1-4-19(25-15-17-11-7-5-8-12-17)20-21(26-16-18-13-9-6-10-14-18)22-23(27-20)29-24(2,3)28-22/h4-14,19-23,25H,1,15-16H2,2-3H3/t19-,20+,21+,22-,23-/m1/s1. The van der Waals surface area contributed by atoms with Crippen molar-refractivity contribution in [2.24, 2.45) is 0 Å². The van der Waals surface area contributed by atoms with Gasteiger partial charge in [0.1, 0.15) is 18.3 Å².